The van der Waals surface area contributed by atoms with Gasteiger partial charge >= 0.3 is 0 Å². The summed E-state index contributed by atoms with van der Waals surface area (Å²) in [5, 5.41) is 2.69. The van der Waals surface area contributed by atoms with Gasteiger partial charge in [0.2, 0.25) is 5.91 Å². The van der Waals surface area contributed by atoms with Gasteiger partial charge in [-0.25, -0.2) is 0 Å². The van der Waals surface area contributed by atoms with Gasteiger partial charge in [0.15, 0.2) is 0 Å². The Morgan fingerprint density at radius 1 is 1.82 bits per heavy atom. The summed E-state index contributed by atoms with van der Waals surface area (Å²) < 4.78 is 0. The molecule has 0 radical (unpaired) electrons. The Morgan fingerprint density at radius 2 is 2.64 bits per heavy atom. The predicted molar refractivity (Wildman–Crippen MR) is 45.3 cm³/mol. The second kappa shape index (κ2) is 3.71. The van der Waals surface area contributed by atoms with E-state index in [9.17, 15) is 4.79 Å². The van der Waals surface area contributed by atoms with Gasteiger partial charge in [-0.1, -0.05) is 6.92 Å². The van der Waals surface area contributed by atoms with E-state index in [-0.39, 0.29) is 7.33 Å². The van der Waals surface area contributed by atoms with E-state index in [2.05, 4.69) is 10.3 Å². The number of carbonyl (C=O) groups is 1. The maximum Gasteiger partial charge on any atom is 0.224 e. The first-order valence-corrected chi connectivity index (χ1v) is 3.53. The maximum absolute atomic E-state index is 10.8. The second-order valence-corrected chi connectivity index (χ2v) is 2.14. The number of nitrogens with one attached hydrogen (secondary N) is 1. The number of carbonyl (C=O) groups excluding carboxylic acids is 1. The molecule has 0 aliphatic rings. The summed E-state index contributed by atoms with van der Waals surface area (Å²) >= 11 is 0. The molecule has 1 rings (SSSR count). The van der Waals surface area contributed by atoms with Crippen molar-refractivity contribution in [3.63, 3.8) is 0 Å². The zero-order chi connectivity index (χ0) is 8.10. The third kappa shape index (κ3) is 2.37. The van der Waals surface area contributed by atoms with Crippen molar-refractivity contribution in [3.8, 4) is 0 Å². The van der Waals surface area contributed by atoms with Crippen LogP contribution < -0.4 is 5.32 Å². The molecule has 0 bridgehead atoms. The van der Waals surface area contributed by atoms with E-state index >= 15 is 0 Å². The molecule has 1 aromatic rings. The monoisotopic (exact) mass is 152 g/mol. The van der Waals surface area contributed by atoms with E-state index in [0.717, 1.165) is 5.69 Å². The Balaban J connectivity index is 0.00000121. The lowest BCUT2D eigenvalue weighted by Gasteiger charge is -2.00. The Morgan fingerprint density at radius 3 is 3.18 bits per heavy atom. The number of pyridine rings is 1. The van der Waals surface area contributed by atoms with Crippen LogP contribution in [0.2, 0.25) is 0 Å². The normalized spacial score (nSPS) is 9.18. The quantitative estimate of drug-likeness (QED) is 0.700. The molecule has 0 aliphatic carbocycles. The van der Waals surface area contributed by atoms with Crippen LogP contribution in [0, 0.1) is 0 Å². The molecule has 11 heavy (non-hydrogen) atoms. The van der Waals surface area contributed by atoms with Crippen LogP contribution in [-0.2, 0) is 4.79 Å². The average molecular weight is 152 g/mol. The fraction of sp³-hybridized carbons (Fsp3) is 0.250. The molecule has 1 N–H and O–H groups in total. The summed E-state index contributed by atoms with van der Waals surface area (Å²) in [5.41, 5.74) is 0.749. The van der Waals surface area contributed by atoms with E-state index < -0.39 is 0 Å². The van der Waals surface area contributed by atoms with Crippen LogP contribution in [0.1, 0.15) is 14.8 Å². The predicted octanol–water partition coefficient (Wildman–Crippen LogP) is 1.68. The van der Waals surface area contributed by atoms with Gasteiger partial charge < -0.3 is 5.32 Å². The minimum Gasteiger partial charge on any atom is -0.325 e. The van der Waals surface area contributed by atoms with Crippen molar-refractivity contribution < 1.29 is 6.22 Å². The minimum atomic E-state index is 0. The third-order valence-corrected chi connectivity index (χ3v) is 1.27. The molecular weight excluding hydrogens is 140 g/mol. The number of anilines is 1. The van der Waals surface area contributed by atoms with Crippen molar-refractivity contribution in [2.24, 2.45) is 0 Å². The van der Waals surface area contributed by atoms with E-state index in [4.69, 9.17) is 0 Å². The summed E-state index contributed by atoms with van der Waals surface area (Å²) in [4.78, 5) is 14.7. The zero-order valence-electron chi connectivity index (χ0n) is 6.37. The van der Waals surface area contributed by atoms with Gasteiger partial charge in [0.05, 0.1) is 11.9 Å². The topological polar surface area (TPSA) is 42.0 Å². The van der Waals surface area contributed by atoms with Crippen LogP contribution in [0.5, 0.6) is 0 Å². The molecule has 1 amide bonds. The first kappa shape index (κ1) is 7.72. The highest BCUT2D eigenvalue weighted by Crippen LogP contribution is 2.02. The molecule has 0 aromatic carbocycles. The maximum atomic E-state index is 10.8. The molecule has 0 fully saturated rings. The van der Waals surface area contributed by atoms with Crippen molar-refractivity contribution in [2.75, 3.05) is 5.32 Å². The fourth-order valence-corrected chi connectivity index (χ4v) is 0.686. The lowest BCUT2D eigenvalue weighted by molar-refractivity contribution is -0.115. The van der Waals surface area contributed by atoms with Crippen molar-refractivity contribution in [2.45, 2.75) is 13.3 Å². The number of nitrogens with zero attached hydrogens (tertiary/aromatic N) is 1. The molecule has 0 saturated heterocycles. The van der Waals surface area contributed by atoms with Gasteiger partial charge in [-0.2, -0.15) is 0 Å². The molecular formula is C8H12N2O. The summed E-state index contributed by atoms with van der Waals surface area (Å²) in [6.07, 6.45) is 3.78. The van der Waals surface area contributed by atoms with E-state index in [1.165, 1.54) is 0 Å². The largest absolute Gasteiger partial charge is 0.325 e. The Kier molecular flexibility index (Phi) is 2.60. The lowest BCUT2D eigenvalue weighted by atomic mass is 10.4. The third-order valence-electron chi connectivity index (χ3n) is 1.27. The first-order chi connectivity index (χ1) is 5.33. The number of rotatable bonds is 2. The number of amides is 1. The van der Waals surface area contributed by atoms with Gasteiger partial charge in [-0.05, 0) is 12.1 Å². The molecule has 1 heterocycles. The smallest absolute Gasteiger partial charge is 0.224 e. The molecule has 1 aromatic heterocycles. The molecule has 0 unspecified atom stereocenters. The molecule has 0 atom stereocenters. The Bertz CT molecular complexity index is 238. The van der Waals surface area contributed by atoms with Gasteiger partial charge in [-0.15, -0.1) is 0 Å². The van der Waals surface area contributed by atoms with Crippen LogP contribution in [-0.4, -0.2) is 10.9 Å². The highest BCUT2D eigenvalue weighted by atomic mass is 16.1. The Hall–Kier alpha value is -1.38. The molecule has 0 aliphatic heterocycles. The van der Waals surface area contributed by atoms with Gasteiger partial charge in [0.25, 0.3) is 0 Å². The molecule has 0 spiro atoms. The Labute approximate surface area is 66.9 Å². The van der Waals surface area contributed by atoms with E-state index in [1.54, 1.807) is 24.5 Å². The summed E-state index contributed by atoms with van der Waals surface area (Å²) in [5.74, 6) is 0.0120. The van der Waals surface area contributed by atoms with E-state index in [1.807, 2.05) is 6.92 Å². The van der Waals surface area contributed by atoms with Crippen molar-refractivity contribution >= 4 is 11.6 Å². The molecule has 0 saturated carbocycles. The van der Waals surface area contributed by atoms with Crippen molar-refractivity contribution in [1.82, 2.24) is 4.98 Å². The second-order valence-electron chi connectivity index (χ2n) is 2.14. The summed E-state index contributed by atoms with van der Waals surface area (Å²) in [6, 6.07) is 3.59. The highest BCUT2D eigenvalue weighted by molar-refractivity contribution is 5.90. The first-order valence-electron chi connectivity index (χ1n) is 3.53. The molecule has 3 heteroatoms. The highest BCUT2D eigenvalue weighted by Gasteiger charge is 1.95. The SMILES string of the molecule is CCC(=O)Nc1cccnc1.[HH]. The van der Waals surface area contributed by atoms with Gasteiger partial charge in [0.1, 0.15) is 0 Å². The molecule has 3 nitrogen and oxygen atoms in total. The summed E-state index contributed by atoms with van der Waals surface area (Å²) in [7, 11) is 0. The van der Waals surface area contributed by atoms with Crippen LogP contribution in [0.25, 0.3) is 0 Å². The van der Waals surface area contributed by atoms with Crippen LogP contribution in [0.15, 0.2) is 24.5 Å². The zero-order valence-corrected chi connectivity index (χ0v) is 6.37. The fourth-order valence-electron chi connectivity index (χ4n) is 0.686. The van der Waals surface area contributed by atoms with Crippen LogP contribution in [0.3, 0.4) is 0 Å². The van der Waals surface area contributed by atoms with Gasteiger partial charge in [0, 0.05) is 14.0 Å². The van der Waals surface area contributed by atoms with Crippen molar-refractivity contribution in [3.05, 3.63) is 24.5 Å². The van der Waals surface area contributed by atoms with Crippen LogP contribution in [0.4, 0.5) is 5.69 Å². The molecule has 60 valence electrons. The lowest BCUT2D eigenvalue weighted by Crippen LogP contribution is -2.09. The summed E-state index contributed by atoms with van der Waals surface area (Å²) in [6.45, 7) is 1.81. The van der Waals surface area contributed by atoms with Crippen molar-refractivity contribution in [1.29, 1.82) is 0 Å². The standard InChI is InChI=1S/C8H10N2O.H2/c1-2-8(11)10-7-4-3-5-9-6-7;/h3-6H,2H2,1H3,(H,10,11);1H. The number of hydrogen-bond acceptors (Lipinski definition) is 2. The average Bonchev–Trinajstić information content (AvgIpc) is 2.06. The minimum absolute atomic E-state index is 0. The van der Waals surface area contributed by atoms with Crippen LogP contribution >= 0.6 is 0 Å². The van der Waals surface area contributed by atoms with E-state index in [0.29, 0.717) is 6.42 Å². The number of hydrogen-bond donors (Lipinski definition) is 1. The van der Waals surface area contributed by atoms with Gasteiger partial charge in [-0.3, -0.25) is 9.78 Å². The number of aromatic nitrogens is 1.